The molecule has 0 aromatic heterocycles. The maximum atomic E-state index is 13.0. The van der Waals surface area contributed by atoms with Gasteiger partial charge in [0.25, 0.3) is 5.91 Å². The molecule has 0 radical (unpaired) electrons. The first-order valence-corrected chi connectivity index (χ1v) is 9.18. The van der Waals surface area contributed by atoms with Gasteiger partial charge in [0.1, 0.15) is 6.54 Å². The molecule has 8 heteroatoms. The van der Waals surface area contributed by atoms with Gasteiger partial charge >= 0.3 is 6.09 Å². The van der Waals surface area contributed by atoms with Crippen LogP contribution in [0.15, 0.2) is 29.8 Å². The van der Waals surface area contributed by atoms with Crippen molar-refractivity contribution in [1.82, 2.24) is 9.80 Å². The highest BCUT2D eigenvalue weighted by Crippen LogP contribution is 2.43. The topological polar surface area (TPSA) is 85.4 Å². The summed E-state index contributed by atoms with van der Waals surface area (Å²) in [5.74, 6) is 0.446. The number of methoxy groups -OCH3 is 1. The van der Waals surface area contributed by atoms with Crippen LogP contribution < -0.4 is 9.47 Å². The van der Waals surface area contributed by atoms with E-state index in [-0.39, 0.29) is 25.3 Å². The third-order valence-corrected chi connectivity index (χ3v) is 5.06. The second kappa shape index (κ2) is 8.33. The fraction of sp³-hybridized carbons (Fsp3) is 0.450. The van der Waals surface area contributed by atoms with Gasteiger partial charge in [-0.15, -0.1) is 0 Å². The van der Waals surface area contributed by atoms with Crippen molar-refractivity contribution >= 4 is 17.9 Å². The highest BCUT2D eigenvalue weighted by atomic mass is 16.7. The molecule has 0 N–H and O–H groups in total. The van der Waals surface area contributed by atoms with Crippen molar-refractivity contribution in [2.75, 3.05) is 27.0 Å². The Balaban J connectivity index is 1.81. The average molecular weight is 388 g/mol. The van der Waals surface area contributed by atoms with Crippen LogP contribution in [-0.2, 0) is 14.3 Å². The van der Waals surface area contributed by atoms with E-state index in [0.717, 1.165) is 23.3 Å². The molecule has 2 aliphatic rings. The molecule has 1 aromatic carbocycles. The molecule has 2 aliphatic heterocycles. The van der Waals surface area contributed by atoms with E-state index in [9.17, 15) is 14.4 Å². The lowest BCUT2D eigenvalue weighted by Crippen LogP contribution is -2.45. The van der Waals surface area contributed by atoms with E-state index in [1.54, 1.807) is 24.8 Å². The number of carbonyl (C=O) groups is 3. The first kappa shape index (κ1) is 19.7. The Kier molecular flexibility index (Phi) is 5.87. The van der Waals surface area contributed by atoms with Crippen LogP contribution in [0.25, 0.3) is 0 Å². The lowest BCUT2D eigenvalue weighted by Gasteiger charge is -2.28. The largest absolute Gasteiger partial charge is 0.454 e. The number of para-hydroxylation sites is 1. The number of carbonyl (C=O) groups excluding carboxylic acids is 3. The Labute approximate surface area is 163 Å². The predicted molar refractivity (Wildman–Crippen MR) is 99.8 cm³/mol. The normalized spacial score (nSPS) is 18.2. The molecular formula is C20H24N2O6. The lowest BCUT2D eigenvalue weighted by molar-refractivity contribution is -0.138. The number of allylic oxidation sites excluding steroid dienone is 1. The maximum Gasteiger partial charge on any atom is 0.416 e. The summed E-state index contributed by atoms with van der Waals surface area (Å²) in [4.78, 5) is 40.1. The summed E-state index contributed by atoms with van der Waals surface area (Å²) < 4.78 is 15.7. The summed E-state index contributed by atoms with van der Waals surface area (Å²) >= 11 is 0. The van der Waals surface area contributed by atoms with Gasteiger partial charge in [0.05, 0.1) is 13.2 Å². The van der Waals surface area contributed by atoms with Crippen LogP contribution in [0.5, 0.6) is 11.5 Å². The van der Waals surface area contributed by atoms with Crippen LogP contribution in [0.2, 0.25) is 0 Å². The minimum absolute atomic E-state index is 0.153. The Morgan fingerprint density at radius 1 is 1.32 bits per heavy atom. The van der Waals surface area contributed by atoms with E-state index < -0.39 is 12.0 Å². The highest BCUT2D eigenvalue weighted by Gasteiger charge is 2.36. The van der Waals surface area contributed by atoms with Gasteiger partial charge < -0.3 is 19.1 Å². The fourth-order valence-corrected chi connectivity index (χ4v) is 3.50. The van der Waals surface area contributed by atoms with Crippen molar-refractivity contribution in [2.24, 2.45) is 0 Å². The lowest BCUT2D eigenvalue weighted by atomic mass is 10.0. The van der Waals surface area contributed by atoms with E-state index >= 15 is 0 Å². The van der Waals surface area contributed by atoms with Gasteiger partial charge in [-0.25, -0.2) is 9.69 Å². The van der Waals surface area contributed by atoms with Crippen LogP contribution in [0.1, 0.15) is 38.3 Å². The van der Waals surface area contributed by atoms with Crippen LogP contribution in [-0.4, -0.2) is 54.7 Å². The molecule has 1 aromatic rings. The summed E-state index contributed by atoms with van der Waals surface area (Å²) in [5, 5.41) is 0. The summed E-state index contributed by atoms with van der Waals surface area (Å²) in [6, 6.07) is 5.41. The van der Waals surface area contributed by atoms with Crippen molar-refractivity contribution in [2.45, 2.75) is 32.7 Å². The van der Waals surface area contributed by atoms with E-state index in [2.05, 4.69) is 0 Å². The molecule has 0 spiro atoms. The van der Waals surface area contributed by atoms with Crippen LogP contribution >= 0.6 is 0 Å². The molecule has 2 heterocycles. The highest BCUT2D eigenvalue weighted by molar-refractivity contribution is 6.04. The van der Waals surface area contributed by atoms with Crippen LogP contribution in [0, 0.1) is 0 Å². The second-order valence-electron chi connectivity index (χ2n) is 6.66. The molecule has 0 aliphatic carbocycles. The molecule has 0 saturated carbocycles. The van der Waals surface area contributed by atoms with E-state index in [1.807, 2.05) is 18.2 Å². The van der Waals surface area contributed by atoms with Gasteiger partial charge in [-0.2, -0.15) is 0 Å². The zero-order chi connectivity index (χ0) is 20.3. The third kappa shape index (κ3) is 3.67. The number of rotatable bonds is 4. The number of likely N-dealkylation sites (tertiary alicyclic amines) is 1. The molecule has 1 saturated heterocycles. The Morgan fingerprint density at radius 3 is 2.82 bits per heavy atom. The van der Waals surface area contributed by atoms with Gasteiger partial charge in [-0.3, -0.25) is 9.59 Å². The van der Waals surface area contributed by atoms with Crippen molar-refractivity contribution in [3.8, 4) is 11.5 Å². The summed E-state index contributed by atoms with van der Waals surface area (Å²) in [7, 11) is 1.18. The molecule has 3 amide bonds. The minimum Gasteiger partial charge on any atom is -0.454 e. The van der Waals surface area contributed by atoms with Crippen molar-refractivity contribution < 1.29 is 28.6 Å². The summed E-state index contributed by atoms with van der Waals surface area (Å²) in [6.07, 6.45) is 2.33. The number of ether oxygens (including phenoxy) is 3. The number of nitrogens with zero attached hydrogens (tertiary/aromatic N) is 2. The Hall–Kier alpha value is -3.03. The molecule has 3 rings (SSSR count). The quantitative estimate of drug-likeness (QED) is 0.737. The maximum absolute atomic E-state index is 13.0. The Morgan fingerprint density at radius 2 is 2.11 bits per heavy atom. The zero-order valence-corrected chi connectivity index (χ0v) is 16.3. The van der Waals surface area contributed by atoms with Gasteiger partial charge in [-0.05, 0) is 32.8 Å². The number of benzene rings is 1. The van der Waals surface area contributed by atoms with Gasteiger partial charge in [-0.1, -0.05) is 18.2 Å². The first-order chi connectivity index (χ1) is 13.5. The number of hydrogen-bond donors (Lipinski definition) is 0. The molecular weight excluding hydrogens is 364 g/mol. The average Bonchev–Trinajstić information content (AvgIpc) is 3.39. The van der Waals surface area contributed by atoms with Crippen LogP contribution in [0.4, 0.5) is 4.79 Å². The van der Waals surface area contributed by atoms with Gasteiger partial charge in [0.2, 0.25) is 12.7 Å². The molecule has 1 unspecified atom stereocenters. The van der Waals surface area contributed by atoms with E-state index in [0.29, 0.717) is 23.6 Å². The fourth-order valence-electron chi connectivity index (χ4n) is 3.50. The number of imide groups is 1. The van der Waals surface area contributed by atoms with Gasteiger partial charge in [0, 0.05) is 17.7 Å². The Bertz CT molecular complexity index is 819. The summed E-state index contributed by atoms with van der Waals surface area (Å²) in [6.45, 7) is 3.60. The van der Waals surface area contributed by atoms with Gasteiger partial charge in [0.15, 0.2) is 11.5 Å². The number of amides is 3. The molecule has 1 fully saturated rings. The van der Waals surface area contributed by atoms with Crippen molar-refractivity contribution in [1.29, 1.82) is 0 Å². The van der Waals surface area contributed by atoms with E-state index in [4.69, 9.17) is 14.2 Å². The van der Waals surface area contributed by atoms with E-state index in [1.165, 1.54) is 7.11 Å². The summed E-state index contributed by atoms with van der Waals surface area (Å²) in [5.41, 5.74) is 1.24. The molecule has 8 nitrogen and oxygen atoms in total. The molecule has 150 valence electrons. The monoisotopic (exact) mass is 388 g/mol. The SMILES string of the molecule is C/C=C(\C)C(=O)N(CC(=O)N1CCCC1c1cccc2c1OCO2)C(=O)OC. The standard InChI is InChI=1S/C20H24N2O6/c1-4-13(2)19(24)22(20(25)26-3)11-17(23)21-10-6-8-15(21)14-7-5-9-16-18(14)28-12-27-16/h4-5,7,9,15H,6,8,10-12H2,1-3H3/b13-4+. The predicted octanol–water partition coefficient (Wildman–Crippen LogP) is 2.64. The molecule has 1 atom stereocenters. The smallest absolute Gasteiger partial charge is 0.416 e. The van der Waals surface area contributed by atoms with Crippen LogP contribution in [0.3, 0.4) is 0 Å². The minimum atomic E-state index is -0.854. The van der Waals surface area contributed by atoms with Crippen molar-refractivity contribution in [3.63, 3.8) is 0 Å². The zero-order valence-electron chi connectivity index (χ0n) is 16.3. The molecule has 28 heavy (non-hydrogen) atoms. The number of fused-ring (bicyclic) bond motifs is 1. The third-order valence-electron chi connectivity index (χ3n) is 5.06. The first-order valence-electron chi connectivity index (χ1n) is 9.18. The van der Waals surface area contributed by atoms with Crippen molar-refractivity contribution in [3.05, 3.63) is 35.4 Å². The number of hydrogen-bond acceptors (Lipinski definition) is 6. The second-order valence-corrected chi connectivity index (χ2v) is 6.66. The molecule has 0 bridgehead atoms.